The Kier molecular flexibility index (Phi) is 8.32. The van der Waals surface area contributed by atoms with Crippen LogP contribution in [0, 0.1) is 36.0 Å². The maximum absolute atomic E-state index is 15.2. The molecule has 0 spiro atoms. The molecule has 5 aliphatic rings. The maximum atomic E-state index is 15.2. The van der Waals surface area contributed by atoms with Crippen molar-refractivity contribution in [3.05, 3.63) is 88.5 Å². The van der Waals surface area contributed by atoms with Crippen molar-refractivity contribution >= 4 is 62.5 Å². The highest BCUT2D eigenvalue weighted by molar-refractivity contribution is 7.22. The number of anilines is 1. The Balaban J connectivity index is 1.16. The van der Waals surface area contributed by atoms with Gasteiger partial charge in [0.1, 0.15) is 17.3 Å². The van der Waals surface area contributed by atoms with Crippen molar-refractivity contribution in [2.75, 3.05) is 4.90 Å². The van der Waals surface area contributed by atoms with Crippen molar-refractivity contribution < 1.29 is 24.3 Å². The van der Waals surface area contributed by atoms with Crippen LogP contribution in [0.3, 0.4) is 0 Å². The Hall–Kier alpha value is -4.54. The smallest absolute Gasteiger partial charge is 0.242 e. The number of para-hydroxylation sites is 1. The van der Waals surface area contributed by atoms with Gasteiger partial charge in [0.05, 0.1) is 28.0 Å². The number of carbonyl (C=O) groups excluding carboxylic acids is 4. The first kappa shape index (κ1) is 35.2. The number of nitrogens with zero attached hydrogens (tertiary/aromatic N) is 4. The molecule has 2 aliphatic heterocycles. The molecule has 6 unspecified atom stereocenters. The molecule has 3 aliphatic carbocycles. The number of phenols is 1. The molecule has 2 saturated carbocycles. The van der Waals surface area contributed by atoms with E-state index in [-0.39, 0.29) is 41.8 Å². The van der Waals surface area contributed by atoms with E-state index in [1.54, 1.807) is 40.1 Å². The highest BCUT2D eigenvalue weighted by Gasteiger charge is 2.68. The lowest BCUT2D eigenvalue weighted by molar-refractivity contribution is -0.144. The molecule has 4 fully saturated rings. The number of allylic oxidation sites excluding steroid dienone is 3. The summed E-state index contributed by atoms with van der Waals surface area (Å²) >= 11 is 7.91. The minimum absolute atomic E-state index is 0.0607. The average molecular weight is 763 g/mol. The van der Waals surface area contributed by atoms with E-state index < -0.39 is 35.0 Å². The van der Waals surface area contributed by atoms with Gasteiger partial charge in [-0.15, -0.1) is 17.9 Å². The third-order valence-corrected chi connectivity index (χ3v) is 14.8. The van der Waals surface area contributed by atoms with E-state index in [4.69, 9.17) is 16.7 Å². The summed E-state index contributed by atoms with van der Waals surface area (Å²) in [5.74, 6) is -3.63. The van der Waals surface area contributed by atoms with Crippen molar-refractivity contribution in [3.63, 3.8) is 0 Å². The Bertz CT molecular complexity index is 2340. The number of carbonyl (C=O) groups is 4. The van der Waals surface area contributed by atoms with Crippen LogP contribution in [-0.4, -0.2) is 49.5 Å². The quantitative estimate of drug-likeness (QED) is 0.156. The lowest BCUT2D eigenvalue weighted by Gasteiger charge is -2.49. The van der Waals surface area contributed by atoms with Crippen LogP contribution in [0.15, 0.2) is 66.8 Å². The van der Waals surface area contributed by atoms with Gasteiger partial charge in [-0.05, 0) is 86.6 Å². The molecule has 2 saturated heterocycles. The highest BCUT2D eigenvalue weighted by atomic mass is 35.5. The summed E-state index contributed by atoms with van der Waals surface area (Å²) in [6.07, 6.45) is 9.55. The number of hydrogen-bond donors (Lipinski definition) is 1. The molecule has 4 aromatic rings. The number of aromatic hydroxyl groups is 1. The fraction of sp³-hybridized carbons (Fsp3) is 0.419. The van der Waals surface area contributed by atoms with Crippen LogP contribution in [0.2, 0.25) is 5.02 Å². The summed E-state index contributed by atoms with van der Waals surface area (Å²) in [6, 6.07) is 13.0. The normalized spacial score (nSPS) is 28.4. The number of aromatic nitrogens is 2. The largest absolute Gasteiger partial charge is 0.507 e. The number of thiophene rings is 1. The molecule has 9 rings (SSSR count). The molecular weight excluding hydrogens is 720 g/mol. The van der Waals surface area contributed by atoms with Crippen LogP contribution in [0.4, 0.5) is 5.82 Å². The zero-order valence-electron chi connectivity index (χ0n) is 30.7. The number of imide groups is 2. The highest BCUT2D eigenvalue weighted by Crippen LogP contribution is 2.65. The molecule has 11 heteroatoms. The number of benzene rings is 2. The number of hydrogen-bond acceptors (Lipinski definition) is 7. The number of halogens is 1. The van der Waals surface area contributed by atoms with Gasteiger partial charge in [0, 0.05) is 40.4 Å². The molecule has 2 aromatic carbocycles. The monoisotopic (exact) mass is 762 g/mol. The molecule has 54 heavy (non-hydrogen) atoms. The topological polar surface area (TPSA) is 113 Å². The summed E-state index contributed by atoms with van der Waals surface area (Å²) in [6.45, 7) is 7.74. The van der Waals surface area contributed by atoms with Crippen molar-refractivity contribution in [3.8, 4) is 16.3 Å². The van der Waals surface area contributed by atoms with Gasteiger partial charge >= 0.3 is 0 Å². The summed E-state index contributed by atoms with van der Waals surface area (Å²) in [5, 5.41) is 18.4. The predicted molar refractivity (Wildman–Crippen MR) is 209 cm³/mol. The SMILES string of the molecule is C=CCc1cccc(C2C3=CCC4C(=O)N(C5CCCCC5)C(=O)C4C3CC3C(=O)N(c4cc(-c5sc6ccc(Cl)cc6c5C)nn4C)C(=O)C32C)c1O. The van der Waals surface area contributed by atoms with Crippen LogP contribution in [-0.2, 0) is 32.6 Å². The first-order valence-corrected chi connectivity index (χ1v) is 20.2. The van der Waals surface area contributed by atoms with E-state index in [0.29, 0.717) is 40.5 Å². The lowest BCUT2D eigenvalue weighted by Crippen LogP contribution is -2.49. The maximum Gasteiger partial charge on any atom is 0.242 e. The van der Waals surface area contributed by atoms with Gasteiger partial charge in [0.2, 0.25) is 23.6 Å². The van der Waals surface area contributed by atoms with Gasteiger partial charge in [-0.1, -0.05) is 66.8 Å². The van der Waals surface area contributed by atoms with Crippen LogP contribution < -0.4 is 4.90 Å². The Morgan fingerprint density at radius 2 is 1.81 bits per heavy atom. The van der Waals surface area contributed by atoms with E-state index >= 15 is 4.79 Å². The second-order valence-electron chi connectivity index (χ2n) is 16.1. The molecule has 9 nitrogen and oxygen atoms in total. The zero-order chi connectivity index (χ0) is 37.8. The third kappa shape index (κ3) is 4.91. The molecular formula is C43H43ClN4O5S. The van der Waals surface area contributed by atoms with E-state index in [0.717, 1.165) is 58.2 Å². The number of likely N-dealkylation sites (tertiary alicyclic amines) is 1. The first-order valence-electron chi connectivity index (χ1n) is 19.1. The van der Waals surface area contributed by atoms with Gasteiger partial charge in [0.25, 0.3) is 0 Å². The molecule has 2 aromatic heterocycles. The fourth-order valence-electron chi connectivity index (χ4n) is 10.7. The van der Waals surface area contributed by atoms with E-state index in [1.807, 2.05) is 56.3 Å². The summed E-state index contributed by atoms with van der Waals surface area (Å²) in [4.78, 5) is 62.4. The van der Waals surface area contributed by atoms with Gasteiger partial charge < -0.3 is 5.11 Å². The minimum atomic E-state index is -1.29. The van der Waals surface area contributed by atoms with E-state index in [2.05, 4.69) is 6.58 Å². The van der Waals surface area contributed by atoms with Gasteiger partial charge in [-0.3, -0.25) is 28.8 Å². The van der Waals surface area contributed by atoms with Crippen molar-refractivity contribution in [1.82, 2.24) is 14.7 Å². The third-order valence-electron chi connectivity index (χ3n) is 13.3. The molecule has 1 N–H and O–H groups in total. The second kappa shape index (κ2) is 12.8. The summed E-state index contributed by atoms with van der Waals surface area (Å²) < 4.78 is 2.65. The van der Waals surface area contributed by atoms with Crippen molar-refractivity contribution in [1.29, 1.82) is 0 Å². The molecule has 6 atom stereocenters. The van der Waals surface area contributed by atoms with Crippen LogP contribution >= 0.6 is 22.9 Å². The number of phenolic OH excluding ortho intramolecular Hbond substituents is 1. The van der Waals surface area contributed by atoms with E-state index in [9.17, 15) is 19.5 Å². The number of rotatable bonds is 6. The Morgan fingerprint density at radius 3 is 2.57 bits per heavy atom. The molecule has 0 radical (unpaired) electrons. The number of fused-ring (bicyclic) bond motifs is 5. The summed E-state index contributed by atoms with van der Waals surface area (Å²) in [5.41, 5.74) is 2.44. The van der Waals surface area contributed by atoms with Crippen LogP contribution in [0.5, 0.6) is 5.75 Å². The Labute approximate surface area is 323 Å². The average Bonchev–Trinajstić information content (AvgIpc) is 3.83. The zero-order valence-corrected chi connectivity index (χ0v) is 32.3. The van der Waals surface area contributed by atoms with Crippen molar-refractivity contribution in [2.24, 2.45) is 36.1 Å². The van der Waals surface area contributed by atoms with Gasteiger partial charge in [-0.25, -0.2) is 4.90 Å². The molecule has 0 bridgehead atoms. The summed E-state index contributed by atoms with van der Waals surface area (Å²) in [7, 11) is 1.74. The molecule has 4 heterocycles. The first-order chi connectivity index (χ1) is 25.9. The van der Waals surface area contributed by atoms with Gasteiger partial charge in [0.15, 0.2) is 0 Å². The lowest BCUT2D eigenvalue weighted by atomic mass is 9.51. The predicted octanol–water partition coefficient (Wildman–Crippen LogP) is 8.26. The Morgan fingerprint density at radius 1 is 1.04 bits per heavy atom. The number of amides is 4. The van der Waals surface area contributed by atoms with Crippen LogP contribution in [0.25, 0.3) is 20.7 Å². The van der Waals surface area contributed by atoms with E-state index in [1.165, 1.54) is 4.90 Å². The standard InChI is InChI=1S/C43H43ClN4O5S/c1-5-10-23-11-9-14-28(37(23)49)36-26-16-17-27-35(41(52)47(39(27)50)25-12-7-6-8-13-25)30(26)20-31-40(51)48(42(53)43(31,36)3)34-21-32(45-46(34)4)38-22(2)29-19-24(44)15-18-33(29)54-38/h5,9,11,14-16,18-19,21,25,27,30-31,35-36,49H,1,6-8,10,12-13,17,20H2,2-4H3. The second-order valence-corrected chi connectivity index (χ2v) is 17.5. The fourth-order valence-corrected chi connectivity index (χ4v) is 12.0. The van der Waals surface area contributed by atoms with Gasteiger partial charge in [-0.2, -0.15) is 5.10 Å². The molecule has 4 amide bonds. The number of aryl methyl sites for hydroxylation is 2. The minimum Gasteiger partial charge on any atom is -0.507 e. The van der Waals surface area contributed by atoms with Crippen LogP contribution in [0.1, 0.15) is 74.5 Å². The molecule has 278 valence electrons. The van der Waals surface area contributed by atoms with Crippen molar-refractivity contribution in [2.45, 2.75) is 77.2 Å².